The van der Waals surface area contributed by atoms with Gasteiger partial charge in [0.05, 0.1) is 5.01 Å². The van der Waals surface area contributed by atoms with Crippen LogP contribution in [0.25, 0.3) is 0 Å². The highest BCUT2D eigenvalue weighted by atomic mass is 35.5. The van der Waals surface area contributed by atoms with E-state index >= 15 is 0 Å². The molecule has 1 aromatic heterocycles. The van der Waals surface area contributed by atoms with Crippen molar-refractivity contribution in [2.24, 2.45) is 0 Å². The summed E-state index contributed by atoms with van der Waals surface area (Å²) < 4.78 is 13.0. The Morgan fingerprint density at radius 2 is 2.26 bits per heavy atom. The number of halogens is 2. The average Bonchev–Trinajstić information content (AvgIpc) is 3.10. The van der Waals surface area contributed by atoms with Crippen molar-refractivity contribution in [1.82, 2.24) is 10.3 Å². The molecule has 0 bridgehead atoms. The Kier molecular flexibility index (Phi) is 3.82. The molecule has 5 heteroatoms. The zero-order valence-electron chi connectivity index (χ0n) is 10.3. The highest BCUT2D eigenvalue weighted by Gasteiger charge is 2.20. The van der Waals surface area contributed by atoms with E-state index in [1.165, 1.54) is 29.9 Å². The second kappa shape index (κ2) is 5.57. The maximum absolute atomic E-state index is 13.0. The molecule has 0 spiro atoms. The minimum Gasteiger partial charge on any atom is -0.309 e. The van der Waals surface area contributed by atoms with Crippen LogP contribution in [0.4, 0.5) is 4.39 Å². The highest BCUT2D eigenvalue weighted by Crippen LogP contribution is 2.24. The van der Waals surface area contributed by atoms with E-state index in [0.717, 1.165) is 17.1 Å². The lowest BCUT2D eigenvalue weighted by Crippen LogP contribution is -2.14. The van der Waals surface area contributed by atoms with Crippen molar-refractivity contribution in [1.29, 1.82) is 0 Å². The van der Waals surface area contributed by atoms with Crippen molar-refractivity contribution >= 4 is 22.9 Å². The Labute approximate surface area is 120 Å². The molecule has 0 radical (unpaired) electrons. The van der Waals surface area contributed by atoms with Gasteiger partial charge in [0.15, 0.2) is 0 Å². The Hall–Kier alpha value is -0.970. The predicted molar refractivity (Wildman–Crippen MR) is 76.2 cm³/mol. The van der Waals surface area contributed by atoms with Crippen molar-refractivity contribution < 1.29 is 4.39 Å². The molecule has 1 N–H and O–H groups in total. The van der Waals surface area contributed by atoms with Gasteiger partial charge in [-0.2, -0.15) is 0 Å². The first-order chi connectivity index (χ1) is 9.20. The maximum Gasteiger partial charge on any atom is 0.124 e. The Morgan fingerprint density at radius 3 is 3.00 bits per heavy atom. The van der Waals surface area contributed by atoms with Crippen LogP contribution in [0.2, 0.25) is 5.02 Å². The first-order valence-corrected chi connectivity index (χ1v) is 7.51. The van der Waals surface area contributed by atoms with Crippen molar-refractivity contribution in [2.75, 3.05) is 0 Å². The third-order valence-corrected chi connectivity index (χ3v) is 4.45. The lowest BCUT2D eigenvalue weighted by atomic mass is 10.1. The van der Waals surface area contributed by atoms with E-state index < -0.39 is 0 Å². The minimum atomic E-state index is -0.304. The van der Waals surface area contributed by atoms with Crippen LogP contribution in [0.1, 0.15) is 28.3 Å². The molecular weight excluding hydrogens is 283 g/mol. The monoisotopic (exact) mass is 296 g/mol. The highest BCUT2D eigenvalue weighted by molar-refractivity contribution is 7.11. The topological polar surface area (TPSA) is 24.9 Å². The summed E-state index contributed by atoms with van der Waals surface area (Å²) in [5, 5.41) is 4.94. The molecule has 0 aliphatic heterocycles. The van der Waals surface area contributed by atoms with Gasteiger partial charge in [-0.25, -0.2) is 9.37 Å². The van der Waals surface area contributed by atoms with Gasteiger partial charge in [-0.05, 0) is 30.5 Å². The summed E-state index contributed by atoms with van der Waals surface area (Å²) in [5.41, 5.74) is 0.916. The van der Waals surface area contributed by atoms with Crippen LogP contribution in [0.5, 0.6) is 0 Å². The molecule has 1 aromatic carbocycles. The van der Waals surface area contributed by atoms with Gasteiger partial charge >= 0.3 is 0 Å². The van der Waals surface area contributed by atoms with Gasteiger partial charge in [0.1, 0.15) is 5.82 Å². The molecule has 0 saturated heterocycles. The quantitative estimate of drug-likeness (QED) is 0.908. The second-order valence-electron chi connectivity index (χ2n) is 4.79. The van der Waals surface area contributed by atoms with Gasteiger partial charge < -0.3 is 5.32 Å². The number of hydrogen-bond donors (Lipinski definition) is 1. The number of benzene rings is 1. The zero-order valence-corrected chi connectivity index (χ0v) is 11.9. The van der Waals surface area contributed by atoms with Gasteiger partial charge in [-0.15, -0.1) is 11.3 Å². The summed E-state index contributed by atoms with van der Waals surface area (Å²) in [5.74, 6) is -0.304. The van der Waals surface area contributed by atoms with E-state index in [2.05, 4.69) is 10.3 Å². The van der Waals surface area contributed by atoms with E-state index in [1.807, 2.05) is 6.20 Å². The first kappa shape index (κ1) is 13.0. The van der Waals surface area contributed by atoms with Gasteiger partial charge in [-0.3, -0.25) is 0 Å². The summed E-state index contributed by atoms with van der Waals surface area (Å²) in [6.45, 7) is 0.888. The third-order valence-electron chi connectivity index (χ3n) is 3.10. The fourth-order valence-electron chi connectivity index (χ4n) is 1.87. The second-order valence-corrected chi connectivity index (χ2v) is 6.39. The van der Waals surface area contributed by atoms with Gasteiger partial charge in [-0.1, -0.05) is 17.7 Å². The van der Waals surface area contributed by atoms with Crippen molar-refractivity contribution in [3.63, 3.8) is 0 Å². The third kappa shape index (κ3) is 3.53. The molecule has 0 unspecified atom stereocenters. The molecule has 1 aliphatic carbocycles. The van der Waals surface area contributed by atoms with Crippen molar-refractivity contribution in [2.45, 2.75) is 31.8 Å². The Bertz CT molecular complexity index is 581. The lowest BCUT2D eigenvalue weighted by molar-refractivity contribution is 0.627. The lowest BCUT2D eigenvalue weighted by Gasteiger charge is -2.01. The molecule has 1 heterocycles. The van der Waals surface area contributed by atoms with Crippen LogP contribution in [-0.2, 0) is 13.0 Å². The fraction of sp³-hybridized carbons (Fsp3) is 0.357. The molecule has 2 aromatic rings. The van der Waals surface area contributed by atoms with Gasteiger partial charge in [0.2, 0.25) is 0 Å². The smallest absolute Gasteiger partial charge is 0.124 e. The molecule has 100 valence electrons. The van der Waals surface area contributed by atoms with E-state index in [0.29, 0.717) is 17.5 Å². The predicted octanol–water partition coefficient (Wildman–Crippen LogP) is 3.78. The number of thiazole rings is 1. The SMILES string of the molecule is Fc1ccc(Cc2ncc(CNC3CC3)s2)c(Cl)c1. The molecule has 0 amide bonds. The van der Waals surface area contributed by atoms with Crippen molar-refractivity contribution in [3.05, 3.63) is 50.7 Å². The maximum atomic E-state index is 13.0. The number of rotatable bonds is 5. The largest absolute Gasteiger partial charge is 0.309 e. The van der Waals surface area contributed by atoms with Crippen LogP contribution in [0, 0.1) is 5.82 Å². The molecular formula is C14H14ClFN2S. The minimum absolute atomic E-state index is 0.304. The standard InChI is InChI=1S/C14H14ClFN2S/c15-13-6-10(16)2-1-9(13)5-14-18-8-12(19-14)7-17-11-3-4-11/h1-2,6,8,11,17H,3-5,7H2. The number of aromatic nitrogens is 1. The molecule has 1 aliphatic rings. The van der Waals surface area contributed by atoms with E-state index in [1.54, 1.807) is 17.4 Å². The number of nitrogens with zero attached hydrogens (tertiary/aromatic N) is 1. The van der Waals surface area contributed by atoms with Crippen LogP contribution < -0.4 is 5.32 Å². The molecule has 0 atom stereocenters. The number of nitrogens with one attached hydrogen (secondary N) is 1. The van der Waals surface area contributed by atoms with E-state index in [4.69, 9.17) is 11.6 Å². The summed E-state index contributed by atoms with van der Waals surface area (Å²) in [4.78, 5) is 5.64. The summed E-state index contributed by atoms with van der Waals surface area (Å²) in [7, 11) is 0. The Morgan fingerprint density at radius 1 is 1.42 bits per heavy atom. The Balaban J connectivity index is 1.65. The van der Waals surface area contributed by atoms with E-state index in [-0.39, 0.29) is 5.82 Å². The molecule has 1 fully saturated rings. The van der Waals surface area contributed by atoms with Crippen LogP contribution in [0.3, 0.4) is 0 Å². The average molecular weight is 297 g/mol. The number of hydrogen-bond acceptors (Lipinski definition) is 3. The summed E-state index contributed by atoms with van der Waals surface area (Å²) >= 11 is 7.71. The summed E-state index contributed by atoms with van der Waals surface area (Å²) in [6.07, 6.45) is 5.15. The summed E-state index contributed by atoms with van der Waals surface area (Å²) in [6, 6.07) is 5.21. The van der Waals surface area contributed by atoms with Crippen LogP contribution >= 0.6 is 22.9 Å². The molecule has 2 nitrogen and oxygen atoms in total. The molecule has 1 saturated carbocycles. The van der Waals surface area contributed by atoms with Gasteiger partial charge in [0.25, 0.3) is 0 Å². The van der Waals surface area contributed by atoms with Gasteiger partial charge in [0, 0.05) is 35.1 Å². The fourth-order valence-corrected chi connectivity index (χ4v) is 3.00. The van der Waals surface area contributed by atoms with Crippen LogP contribution in [0.15, 0.2) is 24.4 Å². The molecule has 19 heavy (non-hydrogen) atoms. The van der Waals surface area contributed by atoms with E-state index in [9.17, 15) is 4.39 Å². The van der Waals surface area contributed by atoms with Crippen LogP contribution in [-0.4, -0.2) is 11.0 Å². The first-order valence-electron chi connectivity index (χ1n) is 6.31. The normalized spacial score (nSPS) is 14.8. The molecule has 3 rings (SSSR count). The van der Waals surface area contributed by atoms with Crippen molar-refractivity contribution in [3.8, 4) is 0 Å². The zero-order chi connectivity index (χ0) is 13.2.